The number of likely N-dealkylation sites (N-methyl/N-ethyl adjacent to an activating group) is 1. The van der Waals surface area contributed by atoms with Crippen molar-refractivity contribution >= 4 is 23.2 Å². The van der Waals surface area contributed by atoms with Crippen molar-refractivity contribution in [2.24, 2.45) is 0 Å². The molecular weight excluding hydrogens is 282 g/mol. The summed E-state index contributed by atoms with van der Waals surface area (Å²) in [4.78, 5) is 24.3. The van der Waals surface area contributed by atoms with E-state index in [9.17, 15) is 9.59 Å². The van der Waals surface area contributed by atoms with Crippen LogP contribution in [0.2, 0.25) is 0 Å². The third kappa shape index (κ3) is 3.39. The molecule has 0 radical (unpaired) electrons. The van der Waals surface area contributed by atoms with Crippen LogP contribution in [0, 0.1) is 0 Å². The highest BCUT2D eigenvalue weighted by atomic mass is 32.1. The molecule has 0 saturated heterocycles. The number of carboxylic acids is 1. The molecule has 2 rings (SSSR count). The fraction of sp³-hybridized carbons (Fsp3) is 0.231. The van der Waals surface area contributed by atoms with E-state index in [0.29, 0.717) is 12.3 Å². The quantitative estimate of drug-likeness (QED) is 0.882. The van der Waals surface area contributed by atoms with Crippen molar-refractivity contribution in [1.82, 2.24) is 4.90 Å². The zero-order valence-electron chi connectivity index (χ0n) is 10.7. The minimum atomic E-state index is -1.06. The summed E-state index contributed by atoms with van der Waals surface area (Å²) in [5.74, 6) is -0.444. The highest BCUT2D eigenvalue weighted by Gasteiger charge is 2.16. The maximum absolute atomic E-state index is 11.9. The van der Waals surface area contributed by atoms with E-state index in [2.05, 4.69) is 0 Å². The van der Waals surface area contributed by atoms with Crippen LogP contribution in [0.5, 0.6) is 5.75 Å². The molecule has 1 amide bonds. The number of furan rings is 1. The molecule has 0 fully saturated rings. The molecule has 106 valence electrons. The Bertz CT molecular complexity index is 590. The summed E-state index contributed by atoms with van der Waals surface area (Å²) in [6, 6.07) is 5.05. The molecule has 0 bridgehead atoms. The molecule has 1 N–H and O–H groups in total. The number of hydrogen-bond acceptors (Lipinski definition) is 5. The molecule has 6 nitrogen and oxygen atoms in total. The van der Waals surface area contributed by atoms with Crippen molar-refractivity contribution in [2.75, 3.05) is 13.7 Å². The van der Waals surface area contributed by atoms with E-state index >= 15 is 0 Å². The molecule has 0 aliphatic heterocycles. The van der Waals surface area contributed by atoms with Gasteiger partial charge in [-0.3, -0.25) is 4.79 Å². The van der Waals surface area contributed by atoms with Crippen molar-refractivity contribution in [3.05, 3.63) is 40.5 Å². The van der Waals surface area contributed by atoms with E-state index in [1.54, 1.807) is 24.6 Å². The smallest absolute Gasteiger partial charge is 0.349 e. The molecule has 0 spiro atoms. The summed E-state index contributed by atoms with van der Waals surface area (Å²) in [6.07, 6.45) is 1.54. The van der Waals surface area contributed by atoms with Crippen LogP contribution in [0.4, 0.5) is 0 Å². The average molecular weight is 295 g/mol. The van der Waals surface area contributed by atoms with Gasteiger partial charge >= 0.3 is 5.97 Å². The van der Waals surface area contributed by atoms with Crippen LogP contribution >= 0.6 is 11.3 Å². The monoisotopic (exact) mass is 295 g/mol. The lowest BCUT2D eigenvalue weighted by Gasteiger charge is -2.15. The van der Waals surface area contributed by atoms with E-state index in [1.165, 1.54) is 17.2 Å². The van der Waals surface area contributed by atoms with Gasteiger partial charge in [0.1, 0.15) is 11.5 Å². The number of hydrogen-bond donors (Lipinski definition) is 1. The molecule has 0 atom stereocenters. The van der Waals surface area contributed by atoms with Crippen LogP contribution in [-0.2, 0) is 11.3 Å². The van der Waals surface area contributed by atoms with Gasteiger partial charge in [-0.1, -0.05) is 0 Å². The first-order chi connectivity index (χ1) is 9.58. The van der Waals surface area contributed by atoms with Gasteiger partial charge in [-0.05, 0) is 23.6 Å². The zero-order valence-corrected chi connectivity index (χ0v) is 11.6. The van der Waals surface area contributed by atoms with E-state index in [4.69, 9.17) is 14.3 Å². The average Bonchev–Trinajstić information content (AvgIpc) is 3.06. The van der Waals surface area contributed by atoms with Gasteiger partial charge in [0, 0.05) is 7.05 Å². The van der Waals surface area contributed by atoms with Crippen LogP contribution in [0.15, 0.2) is 34.3 Å². The van der Waals surface area contributed by atoms with Gasteiger partial charge in [-0.25, -0.2) is 4.79 Å². The Hall–Kier alpha value is -2.28. The second kappa shape index (κ2) is 6.25. The standard InChI is InChI=1S/C13H13NO5S/c1-14(7-9-3-2-5-18-9)11(15)8-19-10-4-6-20-12(10)13(16)17/h2-6H,7-8H2,1H3,(H,16,17). The summed E-state index contributed by atoms with van der Waals surface area (Å²) in [5, 5.41) is 10.5. The summed E-state index contributed by atoms with van der Waals surface area (Å²) in [7, 11) is 1.62. The van der Waals surface area contributed by atoms with Crippen LogP contribution in [0.3, 0.4) is 0 Å². The molecule has 2 heterocycles. The fourth-order valence-electron chi connectivity index (χ4n) is 1.54. The summed E-state index contributed by atoms with van der Waals surface area (Å²) >= 11 is 1.06. The number of carbonyl (C=O) groups is 2. The lowest BCUT2D eigenvalue weighted by Crippen LogP contribution is -2.30. The Kier molecular flexibility index (Phi) is 4.41. The van der Waals surface area contributed by atoms with E-state index in [-0.39, 0.29) is 23.1 Å². The minimum absolute atomic E-state index is 0.0893. The van der Waals surface area contributed by atoms with Gasteiger partial charge in [-0.15, -0.1) is 11.3 Å². The van der Waals surface area contributed by atoms with Crippen LogP contribution in [0.1, 0.15) is 15.4 Å². The number of thiophene rings is 1. The van der Waals surface area contributed by atoms with E-state index in [0.717, 1.165) is 11.3 Å². The molecule has 2 aromatic rings. The maximum atomic E-state index is 11.9. The highest BCUT2D eigenvalue weighted by molar-refractivity contribution is 7.12. The third-order valence-electron chi connectivity index (χ3n) is 2.57. The first kappa shape index (κ1) is 14.1. The molecule has 7 heteroatoms. The number of ether oxygens (including phenoxy) is 1. The van der Waals surface area contributed by atoms with E-state index in [1.807, 2.05) is 0 Å². The molecule has 0 aliphatic carbocycles. The van der Waals surface area contributed by atoms with Crippen LogP contribution < -0.4 is 4.74 Å². The number of rotatable bonds is 6. The van der Waals surface area contributed by atoms with Crippen molar-refractivity contribution in [1.29, 1.82) is 0 Å². The number of amides is 1. The van der Waals surface area contributed by atoms with Gasteiger partial charge in [0.15, 0.2) is 11.5 Å². The Morgan fingerprint density at radius 3 is 2.90 bits per heavy atom. The number of carbonyl (C=O) groups excluding carboxylic acids is 1. The lowest BCUT2D eigenvalue weighted by molar-refractivity contribution is -0.132. The van der Waals surface area contributed by atoms with Crippen molar-refractivity contribution < 1.29 is 23.8 Å². The summed E-state index contributed by atoms with van der Waals surface area (Å²) < 4.78 is 10.4. The summed E-state index contributed by atoms with van der Waals surface area (Å²) in [6.45, 7) is 0.124. The van der Waals surface area contributed by atoms with Gasteiger partial charge in [-0.2, -0.15) is 0 Å². The van der Waals surface area contributed by atoms with E-state index < -0.39 is 5.97 Å². The molecular formula is C13H13NO5S. The van der Waals surface area contributed by atoms with Gasteiger partial charge in [0.05, 0.1) is 12.8 Å². The second-order valence-corrected chi connectivity index (χ2v) is 4.95. The third-order valence-corrected chi connectivity index (χ3v) is 3.46. The number of carboxylic acid groups (broad SMARTS) is 1. The molecule has 0 aliphatic rings. The summed E-state index contributed by atoms with van der Waals surface area (Å²) in [5.41, 5.74) is 0. The topological polar surface area (TPSA) is 80.0 Å². The van der Waals surface area contributed by atoms with Gasteiger partial charge < -0.3 is 19.2 Å². The molecule has 0 unspecified atom stereocenters. The van der Waals surface area contributed by atoms with Crippen LogP contribution in [-0.4, -0.2) is 35.5 Å². The molecule has 0 aromatic carbocycles. The predicted molar refractivity (Wildman–Crippen MR) is 72.0 cm³/mol. The zero-order chi connectivity index (χ0) is 14.5. The highest BCUT2D eigenvalue weighted by Crippen LogP contribution is 2.24. The fourth-order valence-corrected chi connectivity index (χ4v) is 2.21. The van der Waals surface area contributed by atoms with Gasteiger partial charge in [0.25, 0.3) is 5.91 Å². The number of nitrogens with zero attached hydrogens (tertiary/aromatic N) is 1. The lowest BCUT2D eigenvalue weighted by atomic mass is 10.4. The van der Waals surface area contributed by atoms with Crippen molar-refractivity contribution in [2.45, 2.75) is 6.54 Å². The maximum Gasteiger partial charge on any atom is 0.349 e. The Morgan fingerprint density at radius 1 is 1.45 bits per heavy atom. The number of aromatic carboxylic acids is 1. The minimum Gasteiger partial charge on any atom is -0.482 e. The second-order valence-electron chi connectivity index (χ2n) is 4.04. The van der Waals surface area contributed by atoms with Crippen molar-refractivity contribution in [3.8, 4) is 5.75 Å². The first-order valence-corrected chi connectivity index (χ1v) is 6.66. The van der Waals surface area contributed by atoms with Gasteiger partial charge in [0.2, 0.25) is 0 Å². The molecule has 0 saturated carbocycles. The molecule has 20 heavy (non-hydrogen) atoms. The Labute approximate surface area is 119 Å². The largest absolute Gasteiger partial charge is 0.482 e. The normalized spacial score (nSPS) is 10.2. The first-order valence-electron chi connectivity index (χ1n) is 5.78. The SMILES string of the molecule is CN(Cc1ccco1)C(=O)COc1ccsc1C(=O)O. The Morgan fingerprint density at radius 2 is 2.25 bits per heavy atom. The molecule has 2 aromatic heterocycles. The van der Waals surface area contributed by atoms with Crippen molar-refractivity contribution in [3.63, 3.8) is 0 Å². The predicted octanol–water partition coefficient (Wildman–Crippen LogP) is 2.08. The van der Waals surface area contributed by atoms with Crippen LogP contribution in [0.25, 0.3) is 0 Å². The Balaban J connectivity index is 1.88.